The number of ether oxygens (including phenoxy) is 1. The fourth-order valence-corrected chi connectivity index (χ4v) is 7.28. The second-order valence-electron chi connectivity index (χ2n) is 8.66. The van der Waals surface area contributed by atoms with Crippen molar-refractivity contribution in [3.05, 3.63) is 75.5 Å². The maximum Gasteiger partial charge on any atom is 0.417 e. The van der Waals surface area contributed by atoms with Crippen molar-refractivity contribution in [3.63, 3.8) is 0 Å². The van der Waals surface area contributed by atoms with Crippen molar-refractivity contribution in [3.8, 4) is 0 Å². The minimum atomic E-state index is -5.31. The summed E-state index contributed by atoms with van der Waals surface area (Å²) in [5.41, 5.74) is -4.67. The summed E-state index contributed by atoms with van der Waals surface area (Å²) in [5, 5.41) is 0. The van der Waals surface area contributed by atoms with Crippen LogP contribution in [-0.4, -0.2) is 39.6 Å². The predicted octanol–water partition coefficient (Wildman–Crippen LogP) is 5.31. The molecule has 0 fully saturated rings. The number of fused-ring (bicyclic) bond motifs is 1. The average molecular weight is 646 g/mol. The SMILES string of the molecule is [2H]C([2H])([2H])O[C@@]1(C(F)(F)F)CCc2c(S(=O)(=O)Nc3cc(F)c(Br)cc3F)cn(S(=O)(=O)c3ccc(C)cc3)c2C1. The number of alkyl halides is 3. The van der Waals surface area contributed by atoms with Crippen LogP contribution in [0.15, 0.2) is 56.9 Å². The van der Waals surface area contributed by atoms with Crippen molar-refractivity contribution in [1.82, 2.24) is 3.97 Å². The van der Waals surface area contributed by atoms with Gasteiger partial charge in [0.05, 0.1) is 19.2 Å². The summed E-state index contributed by atoms with van der Waals surface area (Å²) in [6.07, 6.45) is -7.98. The van der Waals surface area contributed by atoms with Gasteiger partial charge in [-0.1, -0.05) is 17.7 Å². The van der Waals surface area contributed by atoms with Crippen LogP contribution in [0.3, 0.4) is 0 Å². The topological polar surface area (TPSA) is 94.5 Å². The second kappa shape index (κ2) is 9.61. The summed E-state index contributed by atoms with van der Waals surface area (Å²) in [6.45, 7) is 1.65. The molecular formula is C23H20BrF5N2O5S2. The molecule has 7 nitrogen and oxygen atoms in total. The third-order valence-electron chi connectivity index (χ3n) is 6.21. The first-order valence-corrected chi connectivity index (χ1v) is 14.4. The molecule has 2 aromatic carbocycles. The van der Waals surface area contributed by atoms with E-state index in [0.29, 0.717) is 27.9 Å². The largest absolute Gasteiger partial charge is 0.417 e. The van der Waals surface area contributed by atoms with Gasteiger partial charge in [-0.15, -0.1) is 0 Å². The number of rotatable bonds is 6. The molecule has 15 heteroatoms. The summed E-state index contributed by atoms with van der Waals surface area (Å²) in [6, 6.07) is 6.28. The smallest absolute Gasteiger partial charge is 0.368 e. The van der Waals surface area contributed by atoms with Crippen LogP contribution in [0.4, 0.5) is 27.6 Å². The Morgan fingerprint density at radius 1 is 1.11 bits per heavy atom. The second-order valence-corrected chi connectivity index (χ2v) is 13.0. The lowest BCUT2D eigenvalue weighted by Crippen LogP contribution is -2.51. The fraction of sp³-hybridized carbons (Fsp3) is 0.304. The van der Waals surface area contributed by atoms with Gasteiger partial charge < -0.3 is 4.74 Å². The zero-order valence-electron chi connectivity index (χ0n) is 22.2. The number of hydrogen-bond donors (Lipinski definition) is 1. The maximum atomic E-state index is 14.4. The van der Waals surface area contributed by atoms with Crippen molar-refractivity contribution < 1.29 is 47.6 Å². The highest BCUT2D eigenvalue weighted by molar-refractivity contribution is 9.10. The molecule has 0 saturated heterocycles. The van der Waals surface area contributed by atoms with Crippen LogP contribution in [0.1, 0.15) is 27.4 Å². The molecule has 1 N–H and O–H groups in total. The number of nitrogens with zero attached hydrogens (tertiary/aromatic N) is 1. The van der Waals surface area contributed by atoms with Crippen LogP contribution in [0.2, 0.25) is 0 Å². The molecule has 1 atom stereocenters. The highest BCUT2D eigenvalue weighted by Crippen LogP contribution is 2.45. The van der Waals surface area contributed by atoms with E-state index in [4.69, 9.17) is 4.11 Å². The van der Waals surface area contributed by atoms with Gasteiger partial charge in [-0.2, -0.15) is 13.2 Å². The Morgan fingerprint density at radius 3 is 2.37 bits per heavy atom. The molecule has 0 aliphatic heterocycles. The van der Waals surface area contributed by atoms with Gasteiger partial charge in [-0.3, -0.25) is 4.72 Å². The molecule has 3 aromatic rings. The average Bonchev–Trinajstić information content (AvgIpc) is 3.21. The van der Waals surface area contributed by atoms with E-state index in [9.17, 15) is 38.8 Å². The van der Waals surface area contributed by atoms with Crippen molar-refractivity contribution >= 4 is 41.7 Å². The number of halogens is 6. The Kier molecular flexibility index (Phi) is 6.21. The molecule has 0 amide bonds. The lowest BCUT2D eigenvalue weighted by Gasteiger charge is -2.38. The minimum absolute atomic E-state index is 0.316. The molecule has 206 valence electrons. The van der Waals surface area contributed by atoms with Gasteiger partial charge in [0.15, 0.2) is 5.60 Å². The third kappa shape index (κ3) is 4.84. The molecule has 38 heavy (non-hydrogen) atoms. The number of hydrogen-bond acceptors (Lipinski definition) is 5. The Labute approximate surface area is 228 Å². The molecule has 0 radical (unpaired) electrons. The van der Waals surface area contributed by atoms with Gasteiger partial charge in [0.2, 0.25) is 0 Å². The maximum absolute atomic E-state index is 14.4. The van der Waals surface area contributed by atoms with Crippen molar-refractivity contribution in [1.29, 1.82) is 0 Å². The first-order chi connectivity index (χ1) is 18.7. The van der Waals surface area contributed by atoms with Crippen LogP contribution < -0.4 is 4.72 Å². The number of benzene rings is 2. The van der Waals surface area contributed by atoms with Crippen LogP contribution >= 0.6 is 15.9 Å². The number of sulfonamides is 1. The van der Waals surface area contributed by atoms with Gasteiger partial charge in [0, 0.05) is 31.4 Å². The summed E-state index contributed by atoms with van der Waals surface area (Å²) >= 11 is 2.75. The highest BCUT2D eigenvalue weighted by atomic mass is 79.9. The Hall–Kier alpha value is -2.49. The Balaban J connectivity index is 1.94. The van der Waals surface area contributed by atoms with E-state index in [0.717, 1.165) is 12.1 Å². The summed E-state index contributed by atoms with van der Waals surface area (Å²) in [5.74, 6) is -2.24. The van der Waals surface area contributed by atoms with Crippen LogP contribution in [0.5, 0.6) is 0 Å². The fourth-order valence-electron chi connectivity index (χ4n) is 4.13. The molecule has 1 heterocycles. The Morgan fingerprint density at radius 2 is 1.76 bits per heavy atom. The van der Waals surface area contributed by atoms with Crippen LogP contribution in [0, 0.1) is 18.6 Å². The van der Waals surface area contributed by atoms with E-state index in [1.54, 1.807) is 11.6 Å². The van der Waals surface area contributed by atoms with E-state index in [-0.39, 0.29) is 10.0 Å². The molecule has 4 rings (SSSR count). The summed E-state index contributed by atoms with van der Waals surface area (Å²) in [4.78, 5) is -1.23. The minimum Gasteiger partial charge on any atom is -0.368 e. The molecule has 1 aromatic heterocycles. The number of aryl methyl sites for hydroxylation is 1. The van der Waals surface area contributed by atoms with E-state index < -0.39 is 90.9 Å². The molecule has 0 bridgehead atoms. The van der Waals surface area contributed by atoms with E-state index in [1.807, 2.05) is 0 Å². The quantitative estimate of drug-likeness (QED) is 0.290. The van der Waals surface area contributed by atoms with Crippen molar-refractivity contribution in [2.24, 2.45) is 0 Å². The number of anilines is 1. The molecule has 0 saturated carbocycles. The van der Waals surface area contributed by atoms with Gasteiger partial charge in [0.1, 0.15) is 16.5 Å². The predicted molar refractivity (Wildman–Crippen MR) is 131 cm³/mol. The van der Waals surface area contributed by atoms with Crippen LogP contribution in [-0.2, 0) is 37.6 Å². The van der Waals surface area contributed by atoms with E-state index >= 15 is 0 Å². The lowest BCUT2D eigenvalue weighted by atomic mass is 9.83. The zero-order valence-corrected chi connectivity index (χ0v) is 22.5. The van der Waals surface area contributed by atoms with Gasteiger partial charge in [-0.25, -0.2) is 29.6 Å². The Bertz CT molecular complexity index is 1730. The molecule has 0 unspecified atom stereocenters. The van der Waals surface area contributed by atoms with Gasteiger partial charge >= 0.3 is 6.18 Å². The molecule has 1 aliphatic carbocycles. The first kappa shape index (κ1) is 24.5. The first-order valence-electron chi connectivity index (χ1n) is 12.2. The van der Waals surface area contributed by atoms with Crippen molar-refractivity contribution in [2.75, 3.05) is 11.8 Å². The zero-order chi connectivity index (χ0) is 30.8. The monoisotopic (exact) mass is 645 g/mol. The van der Waals surface area contributed by atoms with Gasteiger partial charge in [0.25, 0.3) is 20.0 Å². The standard InChI is InChI=1S/C23H20BrF5N2O5S2/c1-13-3-5-14(6-4-13)38(34,35)31-12-21(15-7-8-22(36-2,11-20(15)31)23(27,28)29)37(32,33)30-19-10-17(25)16(24)9-18(19)26/h3-6,9-10,12,30H,7-8,11H2,1-2H3/t22-/m0/s1/i2D3. The number of nitrogens with one attached hydrogen (secondary N) is 1. The molecular weight excluding hydrogens is 623 g/mol. The van der Waals surface area contributed by atoms with E-state index in [1.165, 1.54) is 12.1 Å². The van der Waals surface area contributed by atoms with Gasteiger partial charge in [-0.05, 0) is 59.5 Å². The molecule has 1 aliphatic rings. The number of methoxy groups -OCH3 is 1. The van der Waals surface area contributed by atoms with Crippen molar-refractivity contribution in [2.45, 2.75) is 47.8 Å². The van der Waals surface area contributed by atoms with Crippen LogP contribution in [0.25, 0.3) is 0 Å². The summed E-state index contributed by atoms with van der Waals surface area (Å²) in [7, 11) is -13.2. The third-order valence-corrected chi connectivity index (χ3v) is 9.95. The molecule has 0 spiro atoms. The lowest BCUT2D eigenvalue weighted by molar-refractivity contribution is -0.273. The normalized spacial score (nSPS) is 19.8. The summed E-state index contributed by atoms with van der Waals surface area (Å²) < 4.78 is 153. The van der Waals surface area contributed by atoms with E-state index in [2.05, 4.69) is 20.7 Å². The highest BCUT2D eigenvalue weighted by Gasteiger charge is 2.58. The number of aromatic nitrogens is 1.